The number of allylic oxidation sites excluding steroid dienone is 8. The maximum absolute atomic E-state index is 11.7. The normalized spacial score (nSPS) is 14.1. The lowest BCUT2D eigenvalue weighted by Crippen LogP contribution is -2.16. The topological polar surface area (TPSA) is 26.3 Å². The van der Waals surface area contributed by atoms with E-state index in [1.807, 2.05) is 20.8 Å². The molecule has 30 heavy (non-hydrogen) atoms. The van der Waals surface area contributed by atoms with E-state index in [1.54, 1.807) is 0 Å². The second-order valence-electron chi connectivity index (χ2n) is 9.52. The van der Waals surface area contributed by atoms with E-state index in [4.69, 9.17) is 4.74 Å². The van der Waals surface area contributed by atoms with Crippen molar-refractivity contribution in [2.24, 2.45) is 5.92 Å². The molecule has 0 aromatic heterocycles. The van der Waals surface area contributed by atoms with Gasteiger partial charge in [-0.05, 0) is 98.8 Å². The summed E-state index contributed by atoms with van der Waals surface area (Å²) in [5.74, 6) is 0.285. The van der Waals surface area contributed by atoms with E-state index in [1.165, 1.54) is 28.7 Å². The largest absolute Gasteiger partial charge is 0.463 e. The van der Waals surface area contributed by atoms with Gasteiger partial charge in [0.05, 0.1) is 6.10 Å². The number of rotatable bonds is 15. The molecule has 0 fully saturated rings. The van der Waals surface area contributed by atoms with Crippen molar-refractivity contribution in [2.45, 2.75) is 119 Å². The average molecular weight is 417 g/mol. The summed E-state index contributed by atoms with van der Waals surface area (Å²) < 4.78 is 5.46. The molecule has 0 saturated heterocycles. The number of ether oxygens (including phenoxy) is 1. The lowest BCUT2D eigenvalue weighted by atomic mass is 10.0. The van der Waals surface area contributed by atoms with Crippen molar-refractivity contribution in [3.8, 4) is 0 Å². The Balaban J connectivity index is 4.05. The molecule has 0 rings (SSSR count). The summed E-state index contributed by atoms with van der Waals surface area (Å²) in [6, 6.07) is 0. The first-order valence-corrected chi connectivity index (χ1v) is 11.9. The van der Waals surface area contributed by atoms with E-state index in [0.29, 0.717) is 12.3 Å². The zero-order valence-electron chi connectivity index (χ0n) is 21.1. The Kier molecular flexibility index (Phi) is 16.2. The Morgan fingerprint density at radius 2 is 1.13 bits per heavy atom. The molecule has 0 aromatic rings. The fourth-order valence-electron chi connectivity index (χ4n) is 3.22. The lowest BCUT2D eigenvalue weighted by molar-refractivity contribution is -0.149. The van der Waals surface area contributed by atoms with E-state index in [0.717, 1.165) is 44.9 Å². The van der Waals surface area contributed by atoms with Crippen molar-refractivity contribution >= 4 is 5.97 Å². The molecule has 0 aliphatic heterocycles. The number of hydrogen-bond donors (Lipinski definition) is 0. The molecular weight excluding hydrogens is 368 g/mol. The fourth-order valence-corrected chi connectivity index (χ4v) is 3.22. The van der Waals surface area contributed by atoms with Crippen molar-refractivity contribution in [3.05, 3.63) is 46.6 Å². The zero-order valence-corrected chi connectivity index (χ0v) is 21.1. The molecule has 0 bridgehead atoms. The maximum atomic E-state index is 11.7. The molecule has 172 valence electrons. The van der Waals surface area contributed by atoms with Gasteiger partial charge in [0.25, 0.3) is 0 Å². The minimum Gasteiger partial charge on any atom is -0.463 e. The molecule has 1 atom stereocenters. The van der Waals surface area contributed by atoms with Gasteiger partial charge in [-0.3, -0.25) is 4.79 Å². The minimum absolute atomic E-state index is 0.000898. The highest BCUT2D eigenvalue weighted by molar-refractivity contribution is 5.69. The van der Waals surface area contributed by atoms with Crippen LogP contribution in [0.25, 0.3) is 0 Å². The third-order valence-electron chi connectivity index (χ3n) is 5.13. The number of carbonyl (C=O) groups is 1. The van der Waals surface area contributed by atoms with E-state index in [9.17, 15) is 4.79 Å². The predicted octanol–water partition coefficient (Wildman–Crippen LogP) is 8.89. The number of carbonyl (C=O) groups excluding carboxylic acids is 1. The summed E-state index contributed by atoms with van der Waals surface area (Å²) in [5, 5.41) is 0. The quantitative estimate of drug-likeness (QED) is 0.197. The van der Waals surface area contributed by atoms with Gasteiger partial charge in [0, 0.05) is 6.42 Å². The Morgan fingerprint density at radius 1 is 0.700 bits per heavy atom. The molecule has 0 aliphatic rings. The van der Waals surface area contributed by atoms with Crippen LogP contribution in [0.4, 0.5) is 0 Å². The first-order chi connectivity index (χ1) is 14.1. The summed E-state index contributed by atoms with van der Waals surface area (Å²) in [5.41, 5.74) is 5.82. The van der Waals surface area contributed by atoms with E-state index >= 15 is 0 Å². The highest BCUT2D eigenvalue weighted by Crippen LogP contribution is 2.15. The van der Waals surface area contributed by atoms with Crippen LogP contribution in [0.15, 0.2) is 46.6 Å². The SMILES string of the molecule is CC(C)=CCC/C(C)=C/CC/C(C)=C/CC/C(C)=C/CCC(C)OC(=O)CC(C)C. The molecule has 2 nitrogen and oxygen atoms in total. The van der Waals surface area contributed by atoms with Crippen molar-refractivity contribution in [1.82, 2.24) is 0 Å². The van der Waals surface area contributed by atoms with Gasteiger partial charge in [0.2, 0.25) is 0 Å². The molecule has 0 amide bonds. The Labute approximate surface area is 187 Å². The smallest absolute Gasteiger partial charge is 0.306 e. The van der Waals surface area contributed by atoms with Crippen LogP contribution in [0.5, 0.6) is 0 Å². The van der Waals surface area contributed by atoms with Gasteiger partial charge < -0.3 is 4.74 Å². The maximum Gasteiger partial charge on any atom is 0.306 e. The van der Waals surface area contributed by atoms with Gasteiger partial charge in [0.1, 0.15) is 0 Å². The Morgan fingerprint density at radius 3 is 1.57 bits per heavy atom. The van der Waals surface area contributed by atoms with Crippen molar-refractivity contribution in [1.29, 1.82) is 0 Å². The molecular formula is C28H48O2. The minimum atomic E-state index is -0.0725. The summed E-state index contributed by atoms with van der Waals surface area (Å²) in [7, 11) is 0. The Bertz CT molecular complexity index is 598. The molecule has 0 aliphatic carbocycles. The zero-order chi connectivity index (χ0) is 22.9. The van der Waals surface area contributed by atoms with E-state index in [2.05, 4.69) is 58.9 Å². The molecule has 1 unspecified atom stereocenters. The first kappa shape index (κ1) is 28.4. The number of hydrogen-bond acceptors (Lipinski definition) is 2. The molecule has 0 saturated carbocycles. The van der Waals surface area contributed by atoms with Gasteiger partial charge in [-0.2, -0.15) is 0 Å². The lowest BCUT2D eigenvalue weighted by Gasteiger charge is -2.13. The van der Waals surface area contributed by atoms with Crippen LogP contribution >= 0.6 is 0 Å². The van der Waals surface area contributed by atoms with Crippen LogP contribution in [0, 0.1) is 5.92 Å². The average Bonchev–Trinajstić information content (AvgIpc) is 2.60. The third-order valence-corrected chi connectivity index (χ3v) is 5.13. The first-order valence-electron chi connectivity index (χ1n) is 11.9. The Hall–Kier alpha value is -1.57. The molecule has 0 N–H and O–H groups in total. The van der Waals surface area contributed by atoms with Crippen LogP contribution in [-0.4, -0.2) is 12.1 Å². The molecule has 0 spiro atoms. The molecule has 0 aromatic carbocycles. The van der Waals surface area contributed by atoms with E-state index in [-0.39, 0.29) is 12.1 Å². The fraction of sp³-hybridized carbons (Fsp3) is 0.679. The van der Waals surface area contributed by atoms with Gasteiger partial charge in [-0.1, -0.05) is 60.4 Å². The van der Waals surface area contributed by atoms with Crippen LogP contribution in [-0.2, 0) is 9.53 Å². The van der Waals surface area contributed by atoms with Crippen LogP contribution < -0.4 is 0 Å². The van der Waals surface area contributed by atoms with Gasteiger partial charge in [0.15, 0.2) is 0 Å². The van der Waals surface area contributed by atoms with Crippen LogP contribution in [0.2, 0.25) is 0 Å². The van der Waals surface area contributed by atoms with Gasteiger partial charge in [-0.25, -0.2) is 0 Å². The predicted molar refractivity (Wildman–Crippen MR) is 133 cm³/mol. The highest BCUT2D eigenvalue weighted by atomic mass is 16.5. The second kappa shape index (κ2) is 17.1. The summed E-state index contributed by atoms with van der Waals surface area (Å²) in [6.07, 6.45) is 18.6. The van der Waals surface area contributed by atoms with Crippen molar-refractivity contribution < 1.29 is 9.53 Å². The monoisotopic (exact) mass is 416 g/mol. The van der Waals surface area contributed by atoms with Crippen molar-refractivity contribution in [2.75, 3.05) is 0 Å². The van der Waals surface area contributed by atoms with Crippen LogP contribution in [0.1, 0.15) is 113 Å². The molecule has 0 radical (unpaired) electrons. The third kappa shape index (κ3) is 18.5. The van der Waals surface area contributed by atoms with Crippen molar-refractivity contribution in [3.63, 3.8) is 0 Å². The molecule has 2 heteroatoms. The van der Waals surface area contributed by atoms with E-state index < -0.39 is 0 Å². The molecule has 0 heterocycles. The van der Waals surface area contributed by atoms with Crippen LogP contribution in [0.3, 0.4) is 0 Å². The number of esters is 1. The standard InChI is InChI=1S/C28H48O2/c1-22(2)13-9-14-24(5)15-10-16-25(6)17-11-18-26(7)19-12-20-27(8)30-28(29)21-23(3)4/h13,15,17,19,23,27H,9-12,14,16,18,20-21H2,1-8H3/b24-15+,25-17+,26-19+. The highest BCUT2D eigenvalue weighted by Gasteiger charge is 2.10. The summed E-state index contributed by atoms with van der Waals surface area (Å²) in [4.78, 5) is 11.7. The summed E-state index contributed by atoms with van der Waals surface area (Å²) >= 11 is 0. The van der Waals surface area contributed by atoms with Gasteiger partial charge >= 0.3 is 5.97 Å². The van der Waals surface area contributed by atoms with Gasteiger partial charge in [-0.15, -0.1) is 0 Å². The second-order valence-corrected chi connectivity index (χ2v) is 9.52. The summed E-state index contributed by atoms with van der Waals surface area (Å²) in [6.45, 7) is 17.1.